The number of esters is 1. The van der Waals surface area contributed by atoms with Crippen LogP contribution in [0.3, 0.4) is 0 Å². The van der Waals surface area contributed by atoms with Crippen LogP contribution in [0.15, 0.2) is 12.7 Å². The van der Waals surface area contributed by atoms with Crippen LogP contribution in [0.25, 0.3) is 0 Å². The Labute approximate surface area is 179 Å². The molecule has 0 unspecified atom stereocenters. The molecule has 0 heterocycles. The number of carbonyl (C=O) groups is 1. The first-order chi connectivity index (χ1) is 13.8. The highest BCUT2D eigenvalue weighted by Crippen LogP contribution is 2.16. The molecule has 0 rings (SSSR count). The van der Waals surface area contributed by atoms with E-state index in [1.807, 2.05) is 48.1 Å². The van der Waals surface area contributed by atoms with Crippen molar-refractivity contribution in [2.75, 3.05) is 46.2 Å². The first kappa shape index (κ1) is 30.6. The van der Waals surface area contributed by atoms with Crippen molar-refractivity contribution in [1.82, 2.24) is 0 Å². The third kappa shape index (κ3) is 15.8. The third-order valence-electron chi connectivity index (χ3n) is 3.37. The predicted octanol–water partition coefficient (Wildman–Crippen LogP) is 3.82. The van der Waals surface area contributed by atoms with Gasteiger partial charge in [0.05, 0.1) is 6.61 Å². The molecule has 10 heteroatoms. The largest absolute Gasteiger partial charge is 0.679 e. The Bertz CT molecular complexity index is 374. The van der Waals surface area contributed by atoms with Crippen LogP contribution < -0.4 is 0 Å². The molecule has 174 valence electrons. The molecule has 0 amide bonds. The number of hydrogen-bond acceptors (Lipinski definition) is 8. The quantitative estimate of drug-likeness (QED) is 0.142. The lowest BCUT2D eigenvalue weighted by Gasteiger charge is -2.26. The van der Waals surface area contributed by atoms with Gasteiger partial charge in [-0.05, 0) is 60.6 Å². The second-order valence-corrected chi connectivity index (χ2v) is 11.2. The number of hydrogen-bond donors (Lipinski definition) is 0. The van der Waals surface area contributed by atoms with Gasteiger partial charge in [0.1, 0.15) is 0 Å². The van der Waals surface area contributed by atoms with Crippen LogP contribution in [0.5, 0.6) is 0 Å². The molecule has 0 aromatic heterocycles. The van der Waals surface area contributed by atoms with Gasteiger partial charge >= 0.3 is 23.6 Å². The zero-order valence-corrected chi connectivity index (χ0v) is 21.4. The van der Waals surface area contributed by atoms with Crippen molar-refractivity contribution in [3.63, 3.8) is 0 Å². The van der Waals surface area contributed by atoms with Crippen molar-refractivity contribution >= 4 is 23.6 Å². The van der Waals surface area contributed by atoms with Crippen molar-refractivity contribution in [1.29, 1.82) is 0 Å². The van der Waals surface area contributed by atoms with Crippen LogP contribution >= 0.6 is 0 Å². The lowest BCUT2D eigenvalue weighted by atomic mass is 10.5. The molecule has 0 saturated carbocycles. The second kappa shape index (κ2) is 19.4. The number of carbonyl (C=O) groups excluding carboxylic acids is 1. The Hall–Kier alpha value is -0.596. The van der Waals surface area contributed by atoms with Crippen LogP contribution in [-0.2, 0) is 36.1 Å². The minimum atomic E-state index is -2.80. The van der Waals surface area contributed by atoms with Gasteiger partial charge in [0.2, 0.25) is 0 Å². The van der Waals surface area contributed by atoms with Gasteiger partial charge in [-0.25, -0.2) is 4.79 Å². The molecule has 0 aromatic rings. The standard InChI is InChI=1S/C11H22O4Si.C8H20O4Si/c1-5-11(12)13-9-8-10-16(4,14-6-2)15-7-3;1-5-9-13(10-6-2,11-7-3)12-8-4/h5H,1,6-10H2,2-4H3;5-8H2,1-4H3. The fourth-order valence-corrected chi connectivity index (χ4v) is 6.67. The first-order valence-electron chi connectivity index (χ1n) is 10.4. The zero-order valence-electron chi connectivity index (χ0n) is 19.4. The molecule has 0 N–H and O–H groups in total. The highest BCUT2D eigenvalue weighted by Gasteiger charge is 2.44. The smallest absolute Gasteiger partial charge is 0.463 e. The average molecular weight is 455 g/mol. The molecule has 0 atom stereocenters. The highest BCUT2D eigenvalue weighted by molar-refractivity contribution is 6.66. The summed E-state index contributed by atoms with van der Waals surface area (Å²) in [6, 6.07) is 0.832. The molecule has 0 bridgehead atoms. The summed E-state index contributed by atoms with van der Waals surface area (Å²) in [5.41, 5.74) is 0. The zero-order chi connectivity index (χ0) is 22.6. The topological polar surface area (TPSA) is 81.7 Å². The molecule has 0 spiro atoms. The lowest BCUT2D eigenvalue weighted by Crippen LogP contribution is -2.49. The van der Waals surface area contributed by atoms with Crippen LogP contribution in [0.4, 0.5) is 0 Å². The van der Waals surface area contributed by atoms with E-state index in [4.69, 9.17) is 31.3 Å². The normalized spacial score (nSPS) is 11.6. The van der Waals surface area contributed by atoms with Gasteiger partial charge in [0, 0.05) is 45.7 Å². The molecule has 0 aliphatic heterocycles. The molecule has 0 saturated heterocycles. The van der Waals surface area contributed by atoms with Crippen molar-refractivity contribution < 1.29 is 36.1 Å². The SMILES string of the molecule is C=CC(=O)OCCC[Si](C)(OCC)OCC.CCO[Si](OCC)(OCC)OCC. The average Bonchev–Trinajstić information content (AvgIpc) is 2.67. The Kier molecular flexibility index (Phi) is 20.4. The Balaban J connectivity index is 0. The Morgan fingerprint density at radius 1 is 0.759 bits per heavy atom. The van der Waals surface area contributed by atoms with Gasteiger partial charge in [-0.15, -0.1) is 0 Å². The van der Waals surface area contributed by atoms with Crippen molar-refractivity contribution in [3.05, 3.63) is 12.7 Å². The molecular formula is C19H42O8Si2. The second-order valence-electron chi connectivity index (χ2n) is 5.71. The summed E-state index contributed by atoms with van der Waals surface area (Å²) in [5, 5.41) is 0. The fraction of sp³-hybridized carbons (Fsp3) is 0.842. The van der Waals surface area contributed by atoms with Crippen molar-refractivity contribution in [2.24, 2.45) is 0 Å². The summed E-state index contributed by atoms with van der Waals surface area (Å²) >= 11 is 0. The van der Waals surface area contributed by atoms with Crippen LogP contribution in [0.2, 0.25) is 12.6 Å². The van der Waals surface area contributed by atoms with E-state index in [2.05, 4.69) is 6.58 Å². The van der Waals surface area contributed by atoms with Crippen LogP contribution in [0, 0.1) is 0 Å². The molecule has 0 radical (unpaired) electrons. The van der Waals surface area contributed by atoms with Gasteiger partial charge in [-0.3, -0.25) is 0 Å². The molecule has 0 aromatic carbocycles. The number of rotatable bonds is 17. The lowest BCUT2D eigenvalue weighted by molar-refractivity contribution is -0.137. The van der Waals surface area contributed by atoms with E-state index in [-0.39, 0.29) is 5.97 Å². The van der Waals surface area contributed by atoms with Gasteiger partial charge in [0.15, 0.2) is 0 Å². The molecule has 0 fully saturated rings. The Morgan fingerprint density at radius 3 is 1.45 bits per heavy atom. The van der Waals surface area contributed by atoms with Crippen molar-refractivity contribution in [3.8, 4) is 0 Å². The highest BCUT2D eigenvalue weighted by atomic mass is 28.4. The van der Waals surface area contributed by atoms with E-state index in [9.17, 15) is 4.79 Å². The van der Waals surface area contributed by atoms with Crippen LogP contribution in [0.1, 0.15) is 48.0 Å². The third-order valence-corrected chi connectivity index (χ3v) is 9.00. The van der Waals surface area contributed by atoms with E-state index in [1.54, 1.807) is 0 Å². The predicted molar refractivity (Wildman–Crippen MR) is 118 cm³/mol. The minimum Gasteiger partial charge on any atom is -0.463 e. The van der Waals surface area contributed by atoms with Gasteiger partial charge < -0.3 is 31.3 Å². The molecule has 8 nitrogen and oxygen atoms in total. The summed E-state index contributed by atoms with van der Waals surface area (Å²) in [4.78, 5) is 10.8. The maximum atomic E-state index is 10.8. The van der Waals surface area contributed by atoms with E-state index in [1.165, 1.54) is 6.08 Å². The van der Waals surface area contributed by atoms with E-state index >= 15 is 0 Å². The van der Waals surface area contributed by atoms with Gasteiger partial charge in [-0.1, -0.05) is 6.58 Å². The summed E-state index contributed by atoms with van der Waals surface area (Å²) < 4.78 is 37.9. The molecule has 0 aliphatic carbocycles. The Morgan fingerprint density at radius 2 is 1.14 bits per heavy atom. The van der Waals surface area contributed by atoms with E-state index in [0.29, 0.717) is 46.2 Å². The minimum absolute atomic E-state index is 0.379. The summed E-state index contributed by atoms with van der Waals surface area (Å²) in [5.74, 6) is -0.379. The van der Waals surface area contributed by atoms with Crippen molar-refractivity contribution in [2.45, 2.75) is 60.6 Å². The maximum Gasteiger partial charge on any atom is 0.679 e. The summed E-state index contributed by atoms with van der Waals surface area (Å²) in [6.07, 6.45) is 1.93. The molecule has 29 heavy (non-hydrogen) atoms. The monoisotopic (exact) mass is 454 g/mol. The van der Waals surface area contributed by atoms with Gasteiger partial charge in [0.25, 0.3) is 0 Å². The first-order valence-corrected chi connectivity index (χ1v) is 14.6. The summed E-state index contributed by atoms with van der Waals surface area (Å²) in [6.45, 7) is 20.8. The molecule has 0 aliphatic rings. The fourth-order valence-electron chi connectivity index (χ4n) is 2.38. The van der Waals surface area contributed by atoms with Gasteiger partial charge in [-0.2, -0.15) is 0 Å². The number of ether oxygens (including phenoxy) is 1. The van der Waals surface area contributed by atoms with Crippen LogP contribution in [-0.4, -0.2) is 69.8 Å². The van der Waals surface area contributed by atoms with E-state index < -0.39 is 17.6 Å². The maximum absolute atomic E-state index is 10.8. The van der Waals surface area contributed by atoms with E-state index in [0.717, 1.165) is 12.5 Å². The molecular weight excluding hydrogens is 412 g/mol. The summed E-state index contributed by atoms with van der Waals surface area (Å²) in [7, 11) is -4.84.